The Hall–Kier alpha value is -1.65. The molecule has 108 valence electrons. The number of rotatable bonds is 4. The highest BCUT2D eigenvalue weighted by Gasteiger charge is 2.55. The van der Waals surface area contributed by atoms with Gasteiger partial charge < -0.3 is 10.6 Å². The van der Waals surface area contributed by atoms with E-state index in [1.165, 1.54) is 0 Å². The monoisotopic (exact) mass is 276 g/mol. The first kappa shape index (κ1) is 13.3. The second kappa shape index (κ2) is 4.72. The lowest BCUT2D eigenvalue weighted by molar-refractivity contribution is -0.487. The van der Waals surface area contributed by atoms with Crippen molar-refractivity contribution in [1.82, 2.24) is 10.6 Å². The van der Waals surface area contributed by atoms with Gasteiger partial charge in [-0.3, -0.25) is 9.59 Å². The summed E-state index contributed by atoms with van der Waals surface area (Å²) in [5.41, 5.74) is 2.58. The van der Waals surface area contributed by atoms with Crippen LogP contribution in [0, 0.1) is 0 Å². The summed E-state index contributed by atoms with van der Waals surface area (Å²) < 4.78 is 0. The Bertz CT molecular complexity index is 529. The van der Waals surface area contributed by atoms with Crippen LogP contribution in [0.4, 0.5) is 0 Å². The van der Waals surface area contributed by atoms with E-state index in [4.69, 9.17) is 0 Å². The molecule has 0 unspecified atom stereocenters. The first-order chi connectivity index (χ1) is 9.55. The highest BCUT2D eigenvalue weighted by Crippen LogP contribution is 2.48. The first-order valence-electron chi connectivity index (χ1n) is 7.51. The summed E-state index contributed by atoms with van der Waals surface area (Å²) in [5, 5.41) is 5.92. The molecule has 1 spiro atoms. The third-order valence-electron chi connectivity index (χ3n) is 4.47. The quantitative estimate of drug-likeness (QED) is 0.627. The minimum Gasteiger partial charge on any atom is -0.356 e. The van der Waals surface area contributed by atoms with Crippen LogP contribution < -0.4 is 15.6 Å². The van der Waals surface area contributed by atoms with E-state index < -0.39 is 0 Å². The topological polar surface area (TPSA) is 72.2 Å². The summed E-state index contributed by atoms with van der Waals surface area (Å²) in [7, 11) is 0. The Morgan fingerprint density at radius 3 is 2.80 bits per heavy atom. The van der Waals surface area contributed by atoms with Gasteiger partial charge in [-0.2, -0.15) is 0 Å². The first-order valence-corrected chi connectivity index (χ1v) is 7.51. The second-order valence-corrected chi connectivity index (χ2v) is 6.08. The lowest BCUT2D eigenvalue weighted by atomic mass is 9.95. The standard InChI is InChI=1S/C15H21N3O2/c1-3-16-12(19)8-10-13(11-5-4-9(2)17-11)14(20)18-15(10)6-7-15/h9H,3-8H2,1-2H3,(H,16,19)(H,18,20)/p+1/t9-/m0/s1. The van der Waals surface area contributed by atoms with Crippen molar-refractivity contribution in [3.8, 4) is 0 Å². The van der Waals surface area contributed by atoms with Gasteiger partial charge in [0.25, 0.3) is 5.91 Å². The summed E-state index contributed by atoms with van der Waals surface area (Å²) in [4.78, 5) is 27.6. The molecule has 5 nitrogen and oxygen atoms in total. The molecule has 0 radical (unpaired) electrons. The SMILES string of the molecule is CCNC(=O)CC1=C(C2=[NH+][C@@H](C)CC2)C(=O)NC12CC2. The summed E-state index contributed by atoms with van der Waals surface area (Å²) in [6.07, 6.45) is 4.20. The molecule has 0 bridgehead atoms. The number of carbonyl (C=O) groups is 2. The van der Waals surface area contributed by atoms with Crippen LogP contribution in [0.3, 0.4) is 0 Å². The summed E-state index contributed by atoms with van der Waals surface area (Å²) in [6.45, 7) is 4.66. The van der Waals surface area contributed by atoms with E-state index in [1.54, 1.807) is 0 Å². The second-order valence-electron chi connectivity index (χ2n) is 6.08. The van der Waals surface area contributed by atoms with Gasteiger partial charge in [-0.1, -0.05) is 0 Å². The van der Waals surface area contributed by atoms with Crippen molar-refractivity contribution in [1.29, 1.82) is 0 Å². The predicted octanol–water partition coefficient (Wildman–Crippen LogP) is -0.824. The van der Waals surface area contributed by atoms with Gasteiger partial charge in [0.15, 0.2) is 5.71 Å². The molecule has 2 heterocycles. The predicted molar refractivity (Wildman–Crippen MR) is 75.1 cm³/mol. The van der Waals surface area contributed by atoms with Crippen molar-refractivity contribution in [2.45, 2.75) is 57.5 Å². The molecule has 0 saturated heterocycles. The minimum absolute atomic E-state index is 0.00148. The Labute approximate surface area is 118 Å². The molecule has 2 amide bonds. The molecule has 5 heteroatoms. The maximum absolute atomic E-state index is 12.3. The number of hydrogen-bond acceptors (Lipinski definition) is 2. The van der Waals surface area contributed by atoms with Crippen LogP contribution in [0.5, 0.6) is 0 Å². The van der Waals surface area contributed by atoms with Crippen LogP contribution in [0.25, 0.3) is 0 Å². The van der Waals surface area contributed by atoms with Crippen molar-refractivity contribution in [3.63, 3.8) is 0 Å². The number of amides is 2. The average molecular weight is 276 g/mol. The van der Waals surface area contributed by atoms with Crippen molar-refractivity contribution < 1.29 is 14.6 Å². The van der Waals surface area contributed by atoms with Crippen LogP contribution in [0.1, 0.15) is 46.0 Å². The lowest BCUT2D eigenvalue weighted by Crippen LogP contribution is -2.75. The summed E-state index contributed by atoms with van der Waals surface area (Å²) >= 11 is 0. The Morgan fingerprint density at radius 2 is 2.25 bits per heavy atom. The maximum atomic E-state index is 12.3. The molecule has 2 aliphatic heterocycles. The Balaban J connectivity index is 1.93. The largest absolute Gasteiger partial charge is 0.356 e. The van der Waals surface area contributed by atoms with Gasteiger partial charge >= 0.3 is 0 Å². The highest BCUT2D eigenvalue weighted by atomic mass is 16.2. The highest BCUT2D eigenvalue weighted by molar-refractivity contribution is 6.23. The van der Waals surface area contributed by atoms with E-state index in [9.17, 15) is 9.59 Å². The van der Waals surface area contributed by atoms with Crippen LogP contribution >= 0.6 is 0 Å². The molecule has 3 N–H and O–H groups in total. The number of nitrogens with one attached hydrogen (secondary N) is 3. The van der Waals surface area contributed by atoms with E-state index in [0.717, 1.165) is 42.5 Å². The van der Waals surface area contributed by atoms with Crippen LogP contribution in [0.15, 0.2) is 11.1 Å². The van der Waals surface area contributed by atoms with Gasteiger partial charge in [0.1, 0.15) is 11.6 Å². The van der Waals surface area contributed by atoms with Gasteiger partial charge in [0.05, 0.1) is 12.0 Å². The lowest BCUT2D eigenvalue weighted by Gasteiger charge is -2.12. The smallest absolute Gasteiger partial charge is 0.258 e. The van der Waals surface area contributed by atoms with Crippen LogP contribution in [0.2, 0.25) is 0 Å². The third kappa shape index (κ3) is 2.15. The van der Waals surface area contributed by atoms with Gasteiger partial charge in [-0.25, -0.2) is 4.99 Å². The average Bonchev–Trinajstić information content (AvgIpc) is 2.95. The Morgan fingerprint density at radius 1 is 1.50 bits per heavy atom. The fourth-order valence-electron chi connectivity index (χ4n) is 3.28. The molecule has 0 aromatic carbocycles. The zero-order valence-corrected chi connectivity index (χ0v) is 12.1. The minimum atomic E-state index is -0.210. The van der Waals surface area contributed by atoms with Crippen molar-refractivity contribution in [3.05, 3.63) is 11.1 Å². The molecule has 3 aliphatic rings. The third-order valence-corrected chi connectivity index (χ3v) is 4.47. The summed E-state index contributed by atoms with van der Waals surface area (Å²) in [6, 6.07) is 0.409. The van der Waals surface area contributed by atoms with E-state index >= 15 is 0 Å². The van der Waals surface area contributed by atoms with Gasteiger partial charge in [-0.05, 0) is 32.3 Å². The van der Waals surface area contributed by atoms with Crippen molar-refractivity contribution in [2.24, 2.45) is 0 Å². The van der Waals surface area contributed by atoms with Gasteiger partial charge in [-0.15, -0.1) is 0 Å². The van der Waals surface area contributed by atoms with Crippen LogP contribution in [-0.4, -0.2) is 35.7 Å². The fraction of sp³-hybridized carbons (Fsp3) is 0.667. The number of carbonyl (C=O) groups excluding carboxylic acids is 2. The fourth-order valence-corrected chi connectivity index (χ4v) is 3.28. The normalized spacial score (nSPS) is 26.8. The maximum Gasteiger partial charge on any atom is 0.258 e. The van der Waals surface area contributed by atoms with Gasteiger partial charge in [0.2, 0.25) is 5.91 Å². The molecule has 1 fully saturated rings. The molecule has 3 rings (SSSR count). The molecule has 1 aliphatic carbocycles. The zero-order chi connectivity index (χ0) is 14.3. The van der Waals surface area contributed by atoms with E-state index in [1.807, 2.05) is 6.92 Å². The van der Waals surface area contributed by atoms with E-state index in [2.05, 4.69) is 22.5 Å². The molecule has 0 aromatic rings. The molecule has 1 saturated carbocycles. The molecular weight excluding hydrogens is 254 g/mol. The van der Waals surface area contributed by atoms with Gasteiger partial charge in [0, 0.05) is 19.4 Å². The number of hydrogen-bond donors (Lipinski definition) is 3. The molecule has 20 heavy (non-hydrogen) atoms. The van der Waals surface area contributed by atoms with Crippen molar-refractivity contribution in [2.75, 3.05) is 6.54 Å². The zero-order valence-electron chi connectivity index (χ0n) is 12.1. The van der Waals surface area contributed by atoms with E-state index in [0.29, 0.717) is 19.0 Å². The van der Waals surface area contributed by atoms with Crippen LogP contribution in [-0.2, 0) is 9.59 Å². The Kier molecular flexibility index (Phi) is 3.15. The summed E-state index contributed by atoms with van der Waals surface area (Å²) in [5.74, 6) is 0.00724. The van der Waals surface area contributed by atoms with E-state index in [-0.39, 0.29) is 17.4 Å². The molecule has 1 atom stereocenters. The van der Waals surface area contributed by atoms with Crippen molar-refractivity contribution >= 4 is 17.5 Å². The molecular formula is C15H22N3O2+. The molecule has 0 aromatic heterocycles.